The highest BCUT2D eigenvalue weighted by atomic mass is 32.2. The molecule has 1 fully saturated rings. The molecule has 0 aromatic heterocycles. The number of nitrogens with one attached hydrogen (secondary N) is 1. The summed E-state index contributed by atoms with van der Waals surface area (Å²) in [6.07, 6.45) is -2.85. The van der Waals surface area contributed by atoms with Crippen molar-refractivity contribution in [2.24, 2.45) is 0 Å². The molecule has 32 heavy (non-hydrogen) atoms. The van der Waals surface area contributed by atoms with Gasteiger partial charge in [-0.1, -0.05) is 0 Å². The molecule has 3 N–H and O–H groups in total. The zero-order chi connectivity index (χ0) is 23.6. The number of nitrogens with zero attached hydrogens (tertiary/aromatic N) is 1. The van der Waals surface area contributed by atoms with Crippen molar-refractivity contribution < 1.29 is 45.7 Å². The lowest BCUT2D eigenvalue weighted by molar-refractivity contribution is -0.0588. The highest BCUT2D eigenvalue weighted by molar-refractivity contribution is 7.89. The molecule has 2 atom stereocenters. The van der Waals surface area contributed by atoms with Crippen molar-refractivity contribution in [2.75, 3.05) is 31.6 Å². The van der Waals surface area contributed by atoms with Gasteiger partial charge >= 0.3 is 0 Å². The van der Waals surface area contributed by atoms with Gasteiger partial charge in [0.1, 0.15) is 16.8 Å². The lowest BCUT2D eigenvalue weighted by Crippen LogP contribution is -2.47. The average molecular weight is 478 g/mol. The Balaban J connectivity index is 1.89. The van der Waals surface area contributed by atoms with Gasteiger partial charge in [-0.05, 0) is 18.2 Å². The van der Waals surface area contributed by atoms with E-state index in [0.717, 1.165) is 6.07 Å². The van der Waals surface area contributed by atoms with Crippen LogP contribution in [0.25, 0.3) is 0 Å². The van der Waals surface area contributed by atoms with E-state index in [1.54, 1.807) is 0 Å². The molecule has 0 radical (unpaired) electrons. The number of aliphatic hydroxyl groups is 2. The van der Waals surface area contributed by atoms with E-state index in [0.29, 0.717) is 28.6 Å². The van der Waals surface area contributed by atoms with Crippen molar-refractivity contribution in [3.05, 3.63) is 59.2 Å². The first kappa shape index (κ1) is 24.1. The van der Waals surface area contributed by atoms with Crippen LogP contribution >= 0.6 is 0 Å². The zero-order valence-electron chi connectivity index (χ0n) is 16.3. The van der Waals surface area contributed by atoms with Crippen molar-refractivity contribution in [3.63, 3.8) is 0 Å². The molecule has 13 heteroatoms. The van der Waals surface area contributed by atoms with Crippen LogP contribution in [0.5, 0.6) is 0 Å². The van der Waals surface area contributed by atoms with E-state index in [1.165, 1.54) is 0 Å². The Kier molecular flexibility index (Phi) is 7.15. The fourth-order valence-electron chi connectivity index (χ4n) is 2.93. The van der Waals surface area contributed by atoms with Gasteiger partial charge in [0.25, 0.3) is 5.91 Å². The molecule has 1 saturated heterocycles. The van der Waals surface area contributed by atoms with Crippen molar-refractivity contribution in [2.45, 2.75) is 17.1 Å². The zero-order valence-corrected chi connectivity index (χ0v) is 17.1. The molecule has 8 nitrogen and oxygen atoms in total. The molecule has 0 bridgehead atoms. The van der Waals surface area contributed by atoms with Crippen molar-refractivity contribution in [1.29, 1.82) is 0 Å². The number of sulfonamides is 1. The van der Waals surface area contributed by atoms with Crippen LogP contribution in [0.1, 0.15) is 10.4 Å². The van der Waals surface area contributed by atoms with Gasteiger partial charge in [-0.2, -0.15) is 4.31 Å². The minimum absolute atomic E-state index is 0.132. The Morgan fingerprint density at radius 2 is 1.69 bits per heavy atom. The average Bonchev–Trinajstić information content (AvgIpc) is 2.72. The number of benzene rings is 2. The summed E-state index contributed by atoms with van der Waals surface area (Å²) in [5.74, 6) is -7.08. The molecule has 1 heterocycles. The van der Waals surface area contributed by atoms with Crippen LogP contribution in [0.3, 0.4) is 0 Å². The van der Waals surface area contributed by atoms with E-state index in [-0.39, 0.29) is 25.3 Å². The van der Waals surface area contributed by atoms with Gasteiger partial charge in [-0.15, -0.1) is 0 Å². The van der Waals surface area contributed by atoms with Gasteiger partial charge in [-0.3, -0.25) is 4.79 Å². The minimum atomic E-state index is -4.58. The van der Waals surface area contributed by atoms with E-state index in [9.17, 15) is 41.0 Å². The number of ether oxygens (including phenoxy) is 1. The molecule has 0 saturated carbocycles. The molecule has 2 aromatic rings. The fourth-order valence-corrected chi connectivity index (χ4v) is 4.47. The summed E-state index contributed by atoms with van der Waals surface area (Å²) in [7, 11) is -4.58. The molecule has 0 spiro atoms. The summed E-state index contributed by atoms with van der Waals surface area (Å²) in [5.41, 5.74) is -0.822. The maximum absolute atomic E-state index is 14.4. The van der Waals surface area contributed by atoms with E-state index in [2.05, 4.69) is 5.32 Å². The quantitative estimate of drug-likeness (QED) is 0.450. The second-order valence-electron chi connectivity index (χ2n) is 6.93. The second kappa shape index (κ2) is 9.50. The number of carbonyl (C=O) groups is 1. The Labute approximate surface area is 180 Å². The number of hydrogen-bond donors (Lipinski definition) is 3. The first-order chi connectivity index (χ1) is 15.0. The standard InChI is InChI=1S/C19H18F4N2O6S/c20-12-2-1-10(19(28)24-11-6-13(21)18(23)14(22)7-11)5-17(12)32(29,30)25-3-4-31-9-16(27)15(26)8-25/h1-2,5-7,15-16,26-27H,3-4,8-9H2,(H,24,28)/t15-,16-/m1/s1. The molecular weight excluding hydrogens is 460 g/mol. The molecular formula is C19H18F4N2O6S. The summed E-state index contributed by atoms with van der Waals surface area (Å²) in [4.78, 5) is 11.5. The Bertz CT molecular complexity index is 1110. The minimum Gasteiger partial charge on any atom is -0.389 e. The molecule has 0 unspecified atom stereocenters. The van der Waals surface area contributed by atoms with E-state index in [4.69, 9.17) is 4.74 Å². The second-order valence-corrected chi connectivity index (χ2v) is 8.83. The van der Waals surface area contributed by atoms with Crippen LogP contribution in [0, 0.1) is 23.3 Å². The lowest BCUT2D eigenvalue weighted by Gasteiger charge is -2.29. The Morgan fingerprint density at radius 3 is 2.34 bits per heavy atom. The summed E-state index contributed by atoms with van der Waals surface area (Å²) < 4.78 is 85.8. The van der Waals surface area contributed by atoms with Gasteiger partial charge < -0.3 is 20.3 Å². The van der Waals surface area contributed by atoms with Crippen molar-refractivity contribution >= 4 is 21.6 Å². The number of halogens is 4. The maximum atomic E-state index is 14.4. The first-order valence-electron chi connectivity index (χ1n) is 9.20. The van der Waals surface area contributed by atoms with Crippen LogP contribution in [0.4, 0.5) is 23.2 Å². The number of hydrogen-bond acceptors (Lipinski definition) is 6. The van der Waals surface area contributed by atoms with Crippen molar-refractivity contribution in [1.82, 2.24) is 4.31 Å². The summed E-state index contributed by atoms with van der Waals surface area (Å²) in [5, 5.41) is 21.7. The monoisotopic (exact) mass is 478 g/mol. The molecule has 1 amide bonds. The predicted octanol–water partition coefficient (Wildman–Crippen LogP) is 1.24. The third kappa shape index (κ3) is 5.07. The van der Waals surface area contributed by atoms with Gasteiger partial charge in [-0.25, -0.2) is 26.0 Å². The van der Waals surface area contributed by atoms with Gasteiger partial charge in [0.05, 0.1) is 19.3 Å². The third-order valence-corrected chi connectivity index (χ3v) is 6.54. The number of carbonyl (C=O) groups excluding carboxylic acids is 1. The maximum Gasteiger partial charge on any atom is 0.255 e. The van der Waals surface area contributed by atoms with Crippen LogP contribution in [-0.2, 0) is 14.8 Å². The van der Waals surface area contributed by atoms with Crippen LogP contribution in [0.2, 0.25) is 0 Å². The fraction of sp³-hybridized carbons (Fsp3) is 0.316. The number of aliphatic hydroxyl groups excluding tert-OH is 2. The smallest absolute Gasteiger partial charge is 0.255 e. The highest BCUT2D eigenvalue weighted by Crippen LogP contribution is 2.24. The summed E-state index contributed by atoms with van der Waals surface area (Å²) in [6.45, 7) is -1.14. The number of amides is 1. The predicted molar refractivity (Wildman–Crippen MR) is 102 cm³/mol. The van der Waals surface area contributed by atoms with E-state index < -0.39 is 68.5 Å². The van der Waals surface area contributed by atoms with Crippen LogP contribution in [-0.4, -0.2) is 67.4 Å². The van der Waals surface area contributed by atoms with Crippen LogP contribution in [0.15, 0.2) is 35.2 Å². The Hall–Kier alpha value is -2.58. The molecule has 3 rings (SSSR count). The van der Waals surface area contributed by atoms with Crippen LogP contribution < -0.4 is 5.32 Å². The SMILES string of the molecule is O=C(Nc1cc(F)c(F)c(F)c1)c1ccc(F)c(S(=O)(=O)N2CCOC[C@@H](O)[C@H](O)C2)c1. The normalized spacial score (nSPS) is 20.4. The molecule has 1 aliphatic rings. The van der Waals surface area contributed by atoms with Crippen molar-refractivity contribution in [3.8, 4) is 0 Å². The largest absolute Gasteiger partial charge is 0.389 e. The number of anilines is 1. The summed E-state index contributed by atoms with van der Waals surface area (Å²) in [6, 6.07) is 3.39. The third-order valence-electron chi connectivity index (χ3n) is 4.66. The van der Waals surface area contributed by atoms with Gasteiger partial charge in [0.2, 0.25) is 10.0 Å². The highest BCUT2D eigenvalue weighted by Gasteiger charge is 2.33. The molecule has 2 aromatic carbocycles. The van der Waals surface area contributed by atoms with Gasteiger partial charge in [0, 0.05) is 36.5 Å². The first-order valence-corrected chi connectivity index (χ1v) is 10.6. The van der Waals surface area contributed by atoms with Gasteiger partial charge in [0.15, 0.2) is 17.5 Å². The number of rotatable bonds is 4. The van der Waals surface area contributed by atoms with E-state index in [1.807, 2.05) is 0 Å². The topological polar surface area (TPSA) is 116 Å². The lowest BCUT2D eigenvalue weighted by atomic mass is 10.2. The molecule has 174 valence electrons. The van der Waals surface area contributed by atoms with E-state index >= 15 is 0 Å². The molecule has 0 aliphatic carbocycles. The number of β-amino-alcohol motifs (C(OH)–C–C–N with tert-alkyl or cyclic N) is 1. The molecule has 1 aliphatic heterocycles. The summed E-state index contributed by atoms with van der Waals surface area (Å²) >= 11 is 0. The Morgan fingerprint density at radius 1 is 1.03 bits per heavy atom.